The van der Waals surface area contributed by atoms with Crippen LogP contribution in [0.15, 0.2) is 76.2 Å². The third-order valence-electron chi connectivity index (χ3n) is 9.51. The summed E-state index contributed by atoms with van der Waals surface area (Å²) in [5.41, 5.74) is 7.07. The first-order chi connectivity index (χ1) is 26.4. The first kappa shape index (κ1) is 37.5. The minimum absolute atomic E-state index is 0.0574. The molecule has 3 aromatic rings. The number of aromatic nitrogens is 2. The van der Waals surface area contributed by atoms with Crippen molar-refractivity contribution in [3.63, 3.8) is 0 Å². The number of rotatable bonds is 12. The summed E-state index contributed by atoms with van der Waals surface area (Å²) in [7, 11) is 0. The van der Waals surface area contributed by atoms with Crippen LogP contribution in [0.3, 0.4) is 0 Å². The van der Waals surface area contributed by atoms with Gasteiger partial charge >= 0.3 is 5.97 Å². The SMILES string of the molecule is Nc1nc(/C(=N/OC2CCCC2)C(=O)N[C@@H]2C(=O)N3C(C(=O)O)=C(C=C4CCN(Cc5cc[n+](CC(=O)Nc6ccc(O)cc6F)cc5)C4=O)CS[C@H]23)cs1. The van der Waals surface area contributed by atoms with E-state index in [9.17, 15) is 38.6 Å². The number of allylic oxidation sites excluding steroid dienone is 1. The average Bonchev–Trinajstić information content (AvgIpc) is 3.92. The molecule has 55 heavy (non-hydrogen) atoms. The molecular formula is C36H36FN8O8S2+. The van der Waals surface area contributed by atoms with Gasteiger partial charge in [0.1, 0.15) is 40.5 Å². The maximum atomic E-state index is 14.0. The van der Waals surface area contributed by atoms with Gasteiger partial charge < -0.3 is 36.3 Å². The van der Waals surface area contributed by atoms with Crippen molar-refractivity contribution in [1.82, 2.24) is 20.1 Å². The number of aliphatic carboxylic acids is 1. The van der Waals surface area contributed by atoms with Crippen molar-refractivity contribution in [1.29, 1.82) is 0 Å². The lowest BCUT2D eigenvalue weighted by Gasteiger charge is -2.49. The molecule has 4 aliphatic rings. The molecule has 7 rings (SSSR count). The van der Waals surface area contributed by atoms with Crippen molar-refractivity contribution in [2.24, 2.45) is 5.16 Å². The summed E-state index contributed by atoms with van der Waals surface area (Å²) in [6, 6.07) is 5.90. The van der Waals surface area contributed by atoms with Crippen LogP contribution >= 0.6 is 23.1 Å². The zero-order chi connectivity index (χ0) is 38.8. The van der Waals surface area contributed by atoms with E-state index in [2.05, 4.69) is 20.8 Å². The first-order valence-corrected chi connectivity index (χ1v) is 19.3. The molecule has 19 heteroatoms. The molecule has 1 saturated carbocycles. The molecule has 3 aliphatic heterocycles. The molecule has 16 nitrogen and oxygen atoms in total. The van der Waals surface area contributed by atoms with E-state index in [0.717, 1.165) is 53.5 Å². The monoisotopic (exact) mass is 791 g/mol. The molecule has 1 aromatic carbocycles. The second-order valence-corrected chi connectivity index (χ2v) is 15.3. The number of nitrogens with one attached hydrogen (secondary N) is 2. The number of amides is 4. The highest BCUT2D eigenvalue weighted by molar-refractivity contribution is 8.00. The molecular weight excluding hydrogens is 756 g/mol. The van der Waals surface area contributed by atoms with E-state index in [1.807, 2.05) is 0 Å². The Kier molecular flexibility index (Phi) is 10.8. The fourth-order valence-corrected chi connectivity index (χ4v) is 8.58. The number of carboxylic acid groups (broad SMARTS) is 1. The van der Waals surface area contributed by atoms with Gasteiger partial charge in [-0.2, -0.15) is 4.57 Å². The van der Waals surface area contributed by atoms with Gasteiger partial charge in [0.25, 0.3) is 17.7 Å². The molecule has 6 N–H and O–H groups in total. The van der Waals surface area contributed by atoms with E-state index in [-0.39, 0.29) is 64.5 Å². The number of hydrogen-bond acceptors (Lipinski definition) is 12. The number of phenols is 1. The highest BCUT2D eigenvalue weighted by atomic mass is 32.2. The zero-order valence-electron chi connectivity index (χ0n) is 29.1. The van der Waals surface area contributed by atoms with Crippen molar-refractivity contribution in [2.45, 2.75) is 62.7 Å². The minimum Gasteiger partial charge on any atom is -0.508 e. The van der Waals surface area contributed by atoms with Crippen molar-refractivity contribution < 1.29 is 48.0 Å². The third kappa shape index (κ3) is 8.16. The maximum Gasteiger partial charge on any atom is 0.352 e. The molecule has 2 saturated heterocycles. The van der Waals surface area contributed by atoms with Gasteiger partial charge in [-0.3, -0.25) is 24.1 Å². The highest BCUT2D eigenvalue weighted by Crippen LogP contribution is 2.41. The molecule has 2 atom stereocenters. The number of benzene rings is 1. The molecule has 3 fully saturated rings. The van der Waals surface area contributed by atoms with Crippen molar-refractivity contribution in [3.05, 3.63) is 88.1 Å². The molecule has 4 amide bonds. The Bertz CT molecular complexity index is 2150. The van der Waals surface area contributed by atoms with Crippen molar-refractivity contribution >= 4 is 69.2 Å². The highest BCUT2D eigenvalue weighted by Gasteiger charge is 2.54. The number of phenolic OH excluding ortho intramolecular Hbond substituents is 1. The summed E-state index contributed by atoms with van der Waals surface area (Å²) in [6.07, 6.45) is 8.71. The van der Waals surface area contributed by atoms with E-state index in [1.54, 1.807) is 45.4 Å². The number of pyridine rings is 1. The number of fused-ring (bicyclic) bond motifs is 1. The predicted molar refractivity (Wildman–Crippen MR) is 198 cm³/mol. The van der Waals surface area contributed by atoms with Gasteiger partial charge in [0.15, 0.2) is 23.2 Å². The van der Waals surface area contributed by atoms with Crippen LogP contribution in [-0.4, -0.2) is 90.1 Å². The Morgan fingerprint density at radius 2 is 1.93 bits per heavy atom. The van der Waals surface area contributed by atoms with Crippen LogP contribution < -0.4 is 20.9 Å². The normalized spacial score (nSPS) is 20.8. The summed E-state index contributed by atoms with van der Waals surface area (Å²) in [4.78, 5) is 77.8. The topological polar surface area (TPSA) is 221 Å². The van der Waals surface area contributed by atoms with Crippen LogP contribution in [0, 0.1) is 5.82 Å². The fourth-order valence-electron chi connectivity index (χ4n) is 6.73. The number of nitrogen functional groups attached to an aromatic ring is 1. The molecule has 0 unspecified atom stereocenters. The number of nitrogens with zero attached hydrogens (tertiary/aromatic N) is 5. The third-order valence-corrected chi connectivity index (χ3v) is 11.5. The van der Waals surface area contributed by atoms with Gasteiger partial charge in [-0.15, -0.1) is 23.1 Å². The number of oxime groups is 1. The van der Waals surface area contributed by atoms with Crippen LogP contribution in [0.25, 0.3) is 0 Å². The van der Waals surface area contributed by atoms with Crippen LogP contribution in [-0.2, 0) is 41.9 Å². The number of aromatic hydroxyl groups is 1. The Morgan fingerprint density at radius 1 is 1.16 bits per heavy atom. The van der Waals surface area contributed by atoms with E-state index < -0.39 is 40.9 Å². The van der Waals surface area contributed by atoms with Crippen molar-refractivity contribution in [2.75, 3.05) is 23.3 Å². The molecule has 2 aromatic heterocycles. The molecule has 0 spiro atoms. The number of hydrogen-bond donors (Lipinski definition) is 5. The lowest BCUT2D eigenvalue weighted by atomic mass is 10.0. The van der Waals surface area contributed by atoms with E-state index in [4.69, 9.17) is 10.6 Å². The van der Waals surface area contributed by atoms with Gasteiger partial charge in [0.05, 0.1) is 5.69 Å². The molecule has 5 heterocycles. The van der Waals surface area contributed by atoms with Gasteiger partial charge in [0.2, 0.25) is 12.5 Å². The number of thiazole rings is 1. The number of thioether (sulfide) groups is 1. The van der Waals surface area contributed by atoms with Crippen LogP contribution in [0.2, 0.25) is 0 Å². The lowest BCUT2D eigenvalue weighted by Crippen LogP contribution is -2.71. The number of anilines is 2. The van der Waals surface area contributed by atoms with E-state index in [1.165, 1.54) is 23.9 Å². The summed E-state index contributed by atoms with van der Waals surface area (Å²) in [5, 5.41) is 29.9. The predicted octanol–water partition coefficient (Wildman–Crippen LogP) is 2.26. The summed E-state index contributed by atoms with van der Waals surface area (Å²) in [5.74, 6) is -4.23. The average molecular weight is 792 g/mol. The van der Waals surface area contributed by atoms with Gasteiger partial charge in [-0.25, -0.2) is 14.2 Å². The van der Waals surface area contributed by atoms with Gasteiger partial charge in [0, 0.05) is 48.0 Å². The number of nitrogens with two attached hydrogens (primary N) is 1. The zero-order valence-corrected chi connectivity index (χ0v) is 30.8. The molecule has 1 aliphatic carbocycles. The Labute approximate surface area is 321 Å². The Hall–Kier alpha value is -5.82. The first-order valence-electron chi connectivity index (χ1n) is 17.4. The quantitative estimate of drug-likeness (QED) is 0.0447. The fraction of sp³-hybridized carbons (Fsp3) is 0.333. The van der Waals surface area contributed by atoms with Crippen LogP contribution in [0.4, 0.5) is 15.2 Å². The van der Waals surface area contributed by atoms with Crippen LogP contribution in [0.5, 0.6) is 5.75 Å². The number of likely N-dealkylation sites (tertiary alicyclic amines) is 1. The van der Waals surface area contributed by atoms with Gasteiger partial charge in [-0.1, -0.05) is 5.16 Å². The maximum absolute atomic E-state index is 14.0. The number of halogens is 1. The van der Waals surface area contributed by atoms with Gasteiger partial charge in [-0.05, 0) is 61.4 Å². The second kappa shape index (κ2) is 15.9. The lowest BCUT2D eigenvalue weighted by molar-refractivity contribution is -0.684. The smallest absolute Gasteiger partial charge is 0.352 e. The number of β-lactam (4-membered cyclic amide) rings is 1. The number of carboxylic acids is 1. The minimum atomic E-state index is -1.33. The second-order valence-electron chi connectivity index (χ2n) is 13.3. The standard InChI is InChI=1S/C36H35FN8O8S2/c37-24-14-22(46)5-6-25(24)39-27(47)16-43-10-7-19(8-11-43)15-44-12-9-20(32(44)49)13-21-17-54-34-29(33(50)45(34)30(21)35(51)52)41-31(48)28(26-18-55-36(38)40-26)42-53-23-3-1-2-4-23/h5-8,10-11,13-14,18,23,29,34H,1-4,9,12,15-17H2,(H5-,38,39,40,41,42,46,47,48,51,52)/p+1/t29-,34-/m1/s1. The molecule has 0 bridgehead atoms. The summed E-state index contributed by atoms with van der Waals surface area (Å²) in [6.45, 7) is 0.552. The Balaban J connectivity index is 0.979. The Morgan fingerprint density at radius 3 is 2.62 bits per heavy atom. The largest absolute Gasteiger partial charge is 0.508 e. The summed E-state index contributed by atoms with van der Waals surface area (Å²) < 4.78 is 15.6. The van der Waals surface area contributed by atoms with Crippen LogP contribution in [0.1, 0.15) is 43.4 Å². The summed E-state index contributed by atoms with van der Waals surface area (Å²) >= 11 is 2.40. The molecule has 0 radical (unpaired) electrons. The molecule has 286 valence electrons. The van der Waals surface area contributed by atoms with E-state index >= 15 is 0 Å². The van der Waals surface area contributed by atoms with E-state index in [0.29, 0.717) is 24.1 Å². The van der Waals surface area contributed by atoms with Crippen molar-refractivity contribution in [3.8, 4) is 5.75 Å². The number of carbonyl (C=O) groups is 5. The number of carbonyl (C=O) groups excluding carboxylic acids is 4.